The van der Waals surface area contributed by atoms with Crippen molar-refractivity contribution >= 4 is 11.9 Å². The Bertz CT molecular complexity index is 816. The van der Waals surface area contributed by atoms with Crippen molar-refractivity contribution in [2.24, 2.45) is 0 Å². The van der Waals surface area contributed by atoms with E-state index in [2.05, 4.69) is 59.7 Å². The molecule has 0 spiro atoms. The molecule has 1 atom stereocenters. The predicted molar refractivity (Wildman–Crippen MR) is 116 cm³/mol. The van der Waals surface area contributed by atoms with Crippen molar-refractivity contribution in [1.82, 2.24) is 9.47 Å². The van der Waals surface area contributed by atoms with Crippen LogP contribution in [0.2, 0.25) is 0 Å². The molecular weight excluding hydrogens is 384 g/mol. The highest BCUT2D eigenvalue weighted by Gasteiger charge is 2.24. The molecule has 0 saturated carbocycles. The van der Waals surface area contributed by atoms with Crippen LogP contribution in [0.25, 0.3) is 11.3 Å². The second-order valence-electron chi connectivity index (χ2n) is 7.26. The molecule has 0 aliphatic heterocycles. The van der Waals surface area contributed by atoms with Crippen LogP contribution in [0, 0.1) is 0 Å². The minimum atomic E-state index is -1.82. The summed E-state index contributed by atoms with van der Waals surface area (Å²) in [6.07, 6.45) is 3.68. The largest absolute Gasteiger partial charge is 0.473 e. The van der Waals surface area contributed by atoms with Crippen LogP contribution in [-0.4, -0.2) is 64.5 Å². The highest BCUT2D eigenvalue weighted by Crippen LogP contribution is 2.32. The first-order valence-electron chi connectivity index (χ1n) is 10.4. The molecule has 2 N–H and O–H groups in total. The molecule has 0 amide bonds. The van der Waals surface area contributed by atoms with Crippen LogP contribution in [0.5, 0.6) is 0 Å². The lowest BCUT2D eigenvalue weighted by Crippen LogP contribution is -2.28. The quantitative estimate of drug-likeness (QED) is 0.674. The molecule has 1 heterocycles. The van der Waals surface area contributed by atoms with Crippen molar-refractivity contribution in [1.29, 1.82) is 0 Å². The maximum atomic E-state index is 9.10. The Morgan fingerprint density at radius 3 is 2.30 bits per heavy atom. The van der Waals surface area contributed by atoms with Gasteiger partial charge in [0.15, 0.2) is 0 Å². The van der Waals surface area contributed by atoms with Gasteiger partial charge < -0.3 is 24.4 Å². The lowest BCUT2D eigenvalue weighted by molar-refractivity contribution is -0.159. The molecule has 164 valence electrons. The molecule has 7 heteroatoms. The molecule has 0 bridgehead atoms. The molecule has 1 aromatic carbocycles. The van der Waals surface area contributed by atoms with Gasteiger partial charge in [-0.25, -0.2) is 9.59 Å². The van der Waals surface area contributed by atoms with E-state index < -0.39 is 11.9 Å². The number of methoxy groups -OCH3 is 1. The highest BCUT2D eigenvalue weighted by molar-refractivity contribution is 6.27. The summed E-state index contributed by atoms with van der Waals surface area (Å²) in [7, 11) is 1.84. The van der Waals surface area contributed by atoms with Crippen molar-refractivity contribution in [2.75, 3.05) is 26.7 Å². The molecule has 7 nitrogen and oxygen atoms in total. The second kappa shape index (κ2) is 11.5. The summed E-state index contributed by atoms with van der Waals surface area (Å²) in [5.41, 5.74) is 5.69. The number of ether oxygens (including phenoxy) is 1. The third-order valence-electron chi connectivity index (χ3n) is 5.57. The van der Waals surface area contributed by atoms with Gasteiger partial charge in [0, 0.05) is 38.0 Å². The summed E-state index contributed by atoms with van der Waals surface area (Å²) in [4.78, 5) is 20.7. The molecule has 0 saturated heterocycles. The van der Waals surface area contributed by atoms with Gasteiger partial charge in [-0.1, -0.05) is 44.2 Å². The zero-order valence-corrected chi connectivity index (χ0v) is 18.0. The van der Waals surface area contributed by atoms with E-state index in [0.29, 0.717) is 6.10 Å². The first-order valence-corrected chi connectivity index (χ1v) is 10.4. The maximum Gasteiger partial charge on any atom is 0.414 e. The normalized spacial score (nSPS) is 15.3. The average molecular weight is 417 g/mol. The van der Waals surface area contributed by atoms with Crippen molar-refractivity contribution in [3.63, 3.8) is 0 Å². The number of fused-ring (bicyclic) bond motifs is 1. The summed E-state index contributed by atoms with van der Waals surface area (Å²) >= 11 is 0. The Morgan fingerprint density at radius 2 is 1.77 bits per heavy atom. The van der Waals surface area contributed by atoms with Crippen LogP contribution in [0.1, 0.15) is 31.5 Å². The van der Waals surface area contributed by atoms with E-state index in [-0.39, 0.29) is 0 Å². The van der Waals surface area contributed by atoms with Crippen molar-refractivity contribution in [2.45, 2.75) is 45.8 Å². The number of hydrogen-bond acceptors (Lipinski definition) is 4. The second-order valence-corrected chi connectivity index (χ2v) is 7.26. The van der Waals surface area contributed by atoms with E-state index in [1.807, 2.05) is 7.11 Å². The predicted octanol–water partition coefficient (Wildman–Crippen LogP) is 3.16. The highest BCUT2D eigenvalue weighted by atomic mass is 16.5. The average Bonchev–Trinajstić information content (AvgIpc) is 3.13. The minimum absolute atomic E-state index is 0.375. The summed E-state index contributed by atoms with van der Waals surface area (Å²) < 4.78 is 8.18. The number of rotatable bonds is 7. The van der Waals surface area contributed by atoms with Gasteiger partial charge in [0.1, 0.15) is 0 Å². The van der Waals surface area contributed by atoms with Crippen LogP contribution < -0.4 is 0 Å². The van der Waals surface area contributed by atoms with Gasteiger partial charge in [-0.2, -0.15) is 0 Å². The van der Waals surface area contributed by atoms with Gasteiger partial charge in [-0.3, -0.25) is 0 Å². The number of carboxylic acids is 2. The van der Waals surface area contributed by atoms with Gasteiger partial charge in [0.25, 0.3) is 0 Å². The zero-order valence-electron chi connectivity index (χ0n) is 18.0. The number of carboxylic acid groups (broad SMARTS) is 2. The molecule has 3 rings (SSSR count). The van der Waals surface area contributed by atoms with Crippen molar-refractivity contribution < 1.29 is 24.5 Å². The van der Waals surface area contributed by atoms with Crippen LogP contribution >= 0.6 is 0 Å². The van der Waals surface area contributed by atoms with E-state index in [9.17, 15) is 0 Å². The summed E-state index contributed by atoms with van der Waals surface area (Å²) in [6.45, 7) is 8.91. The van der Waals surface area contributed by atoms with Gasteiger partial charge in [-0.05, 0) is 43.1 Å². The minimum Gasteiger partial charge on any atom is -0.473 e. The Balaban J connectivity index is 0.000000469. The maximum absolute atomic E-state index is 9.10. The SMILES string of the molecule is CCN(CC)CCn1c(-c2ccccc2)cc2c1CCC(OC)C2.O=C(O)C(=O)O. The summed E-state index contributed by atoms with van der Waals surface area (Å²) in [5, 5.41) is 14.8. The first kappa shape index (κ1) is 23.6. The fourth-order valence-corrected chi connectivity index (χ4v) is 3.85. The summed E-state index contributed by atoms with van der Waals surface area (Å²) in [6, 6.07) is 13.2. The topological polar surface area (TPSA) is 92.0 Å². The number of likely N-dealkylation sites (N-methyl/N-ethyl adjacent to an activating group) is 1. The lowest BCUT2D eigenvalue weighted by Gasteiger charge is -2.25. The monoisotopic (exact) mass is 416 g/mol. The number of aromatic nitrogens is 1. The molecule has 0 radical (unpaired) electrons. The molecule has 1 aliphatic rings. The van der Waals surface area contributed by atoms with Gasteiger partial charge in [0.2, 0.25) is 0 Å². The van der Waals surface area contributed by atoms with Crippen LogP contribution in [0.4, 0.5) is 0 Å². The van der Waals surface area contributed by atoms with E-state index in [1.165, 1.54) is 22.5 Å². The smallest absolute Gasteiger partial charge is 0.414 e. The Hall–Kier alpha value is -2.64. The van der Waals surface area contributed by atoms with Crippen molar-refractivity contribution in [3.05, 3.63) is 47.7 Å². The molecule has 1 aromatic heterocycles. The van der Waals surface area contributed by atoms with Gasteiger partial charge >= 0.3 is 11.9 Å². The molecule has 1 aliphatic carbocycles. The Labute approximate surface area is 177 Å². The number of carbonyl (C=O) groups is 2. The fourth-order valence-electron chi connectivity index (χ4n) is 3.85. The van der Waals surface area contributed by atoms with E-state index in [1.54, 1.807) is 0 Å². The fraction of sp³-hybridized carbons (Fsp3) is 0.478. The first-order chi connectivity index (χ1) is 14.4. The Morgan fingerprint density at radius 1 is 1.13 bits per heavy atom. The number of nitrogens with zero attached hydrogens (tertiary/aromatic N) is 2. The molecule has 1 unspecified atom stereocenters. The van der Waals surface area contributed by atoms with Crippen molar-refractivity contribution in [3.8, 4) is 11.3 Å². The number of hydrogen-bond donors (Lipinski definition) is 2. The zero-order chi connectivity index (χ0) is 22.1. The van der Waals surface area contributed by atoms with Crippen LogP contribution in [0.3, 0.4) is 0 Å². The Kier molecular flexibility index (Phi) is 9.08. The van der Waals surface area contributed by atoms with Crippen LogP contribution in [-0.2, 0) is 33.7 Å². The summed E-state index contributed by atoms with van der Waals surface area (Å²) in [5.74, 6) is -3.65. The van der Waals surface area contributed by atoms with E-state index >= 15 is 0 Å². The molecule has 2 aromatic rings. The van der Waals surface area contributed by atoms with Crippen LogP contribution in [0.15, 0.2) is 36.4 Å². The van der Waals surface area contributed by atoms with E-state index in [4.69, 9.17) is 24.5 Å². The number of aliphatic carboxylic acids is 2. The standard InChI is InChI=1S/C21H30N2O.C2H2O4/c1-4-22(5-2)13-14-23-20-12-11-19(24-3)15-18(20)16-21(23)17-9-7-6-8-10-17;3-1(4)2(5)6/h6-10,16,19H,4-5,11-15H2,1-3H3;(H,3,4)(H,5,6). The van der Waals surface area contributed by atoms with Gasteiger partial charge in [-0.15, -0.1) is 0 Å². The van der Waals surface area contributed by atoms with E-state index in [0.717, 1.165) is 45.4 Å². The molecule has 0 fully saturated rings. The number of benzene rings is 1. The third kappa shape index (κ3) is 6.18. The lowest BCUT2D eigenvalue weighted by atomic mass is 9.95. The molecular formula is C23H32N2O5. The van der Waals surface area contributed by atoms with Gasteiger partial charge in [0.05, 0.1) is 6.10 Å². The molecule has 30 heavy (non-hydrogen) atoms. The third-order valence-corrected chi connectivity index (χ3v) is 5.57.